The Morgan fingerprint density at radius 1 is 1.31 bits per heavy atom. The number of hydrogen-bond acceptors (Lipinski definition) is 2. The summed E-state index contributed by atoms with van der Waals surface area (Å²) in [4.78, 5) is 1.72. The SMILES string of the molecule is CC(C)Sc1ccc(C(N)=S)cc1. The van der Waals surface area contributed by atoms with Crippen molar-refractivity contribution in [3.63, 3.8) is 0 Å². The molecule has 1 nitrogen and oxygen atoms in total. The number of hydrogen-bond donors (Lipinski definition) is 1. The average Bonchev–Trinajstić information content (AvgIpc) is 2.04. The molecule has 0 amide bonds. The maximum atomic E-state index is 5.49. The van der Waals surface area contributed by atoms with Crippen LogP contribution in [0.25, 0.3) is 0 Å². The molecule has 2 N–H and O–H groups in total. The minimum Gasteiger partial charge on any atom is -0.389 e. The first-order valence-corrected chi connectivity index (χ1v) is 5.45. The van der Waals surface area contributed by atoms with Gasteiger partial charge in [-0.15, -0.1) is 11.8 Å². The second kappa shape index (κ2) is 4.63. The molecular formula is C10H13NS2. The van der Waals surface area contributed by atoms with Crippen LogP contribution in [0.2, 0.25) is 0 Å². The minimum absolute atomic E-state index is 0.459. The van der Waals surface area contributed by atoms with Gasteiger partial charge in [-0.2, -0.15) is 0 Å². The largest absolute Gasteiger partial charge is 0.389 e. The third kappa shape index (κ3) is 3.36. The van der Waals surface area contributed by atoms with Crippen LogP contribution < -0.4 is 5.73 Å². The van der Waals surface area contributed by atoms with Gasteiger partial charge in [0, 0.05) is 15.7 Å². The average molecular weight is 211 g/mol. The zero-order valence-corrected chi connectivity index (χ0v) is 9.41. The molecule has 0 aliphatic rings. The highest BCUT2D eigenvalue weighted by molar-refractivity contribution is 7.99. The van der Waals surface area contributed by atoms with Crippen molar-refractivity contribution in [2.75, 3.05) is 0 Å². The minimum atomic E-state index is 0.459. The first-order chi connectivity index (χ1) is 6.09. The van der Waals surface area contributed by atoms with Gasteiger partial charge < -0.3 is 5.73 Å². The summed E-state index contributed by atoms with van der Waals surface area (Å²) in [6.45, 7) is 4.35. The van der Waals surface area contributed by atoms with Gasteiger partial charge in [0.25, 0.3) is 0 Å². The summed E-state index contributed by atoms with van der Waals surface area (Å²) < 4.78 is 0. The second-order valence-electron chi connectivity index (χ2n) is 3.06. The van der Waals surface area contributed by atoms with Gasteiger partial charge in [0.15, 0.2) is 0 Å². The van der Waals surface area contributed by atoms with Gasteiger partial charge in [0.2, 0.25) is 0 Å². The molecule has 0 aliphatic heterocycles. The predicted molar refractivity (Wildman–Crippen MR) is 63.3 cm³/mol. The molecule has 0 radical (unpaired) electrons. The highest BCUT2D eigenvalue weighted by atomic mass is 32.2. The maximum absolute atomic E-state index is 5.49. The third-order valence-corrected chi connectivity index (χ3v) is 2.76. The standard InChI is InChI=1S/C10H13NS2/c1-7(2)13-9-5-3-8(4-6-9)10(11)12/h3-7H,1-2H3,(H2,11,12). The Morgan fingerprint density at radius 2 is 1.85 bits per heavy atom. The summed E-state index contributed by atoms with van der Waals surface area (Å²) in [6, 6.07) is 8.04. The molecule has 3 heteroatoms. The summed E-state index contributed by atoms with van der Waals surface area (Å²) >= 11 is 6.70. The lowest BCUT2D eigenvalue weighted by Crippen LogP contribution is -2.08. The van der Waals surface area contributed by atoms with Crippen molar-refractivity contribution in [3.8, 4) is 0 Å². The Morgan fingerprint density at radius 3 is 2.23 bits per heavy atom. The van der Waals surface area contributed by atoms with Gasteiger partial charge >= 0.3 is 0 Å². The predicted octanol–water partition coefficient (Wildman–Crippen LogP) is 2.82. The van der Waals surface area contributed by atoms with Crippen LogP contribution in [0.3, 0.4) is 0 Å². The Kier molecular flexibility index (Phi) is 3.75. The van der Waals surface area contributed by atoms with Crippen molar-refractivity contribution < 1.29 is 0 Å². The quantitative estimate of drug-likeness (QED) is 0.615. The van der Waals surface area contributed by atoms with E-state index in [2.05, 4.69) is 26.0 Å². The molecule has 1 aromatic carbocycles. The first kappa shape index (κ1) is 10.5. The molecule has 0 aliphatic carbocycles. The molecule has 0 saturated carbocycles. The molecule has 70 valence electrons. The highest BCUT2D eigenvalue weighted by Gasteiger charge is 1.99. The van der Waals surface area contributed by atoms with Crippen molar-refractivity contribution in [3.05, 3.63) is 29.8 Å². The molecule has 0 aromatic heterocycles. The fourth-order valence-corrected chi connectivity index (χ4v) is 1.94. The Balaban J connectivity index is 2.75. The third-order valence-electron chi connectivity index (χ3n) is 1.51. The Hall–Kier alpha value is -0.540. The van der Waals surface area contributed by atoms with E-state index in [1.54, 1.807) is 0 Å². The smallest absolute Gasteiger partial charge is 0.103 e. The summed E-state index contributed by atoms with van der Waals surface area (Å²) in [5, 5.41) is 0.607. The lowest BCUT2D eigenvalue weighted by Gasteiger charge is -2.05. The fourth-order valence-electron chi connectivity index (χ4n) is 0.970. The van der Waals surface area contributed by atoms with Crippen molar-refractivity contribution in [1.29, 1.82) is 0 Å². The van der Waals surface area contributed by atoms with E-state index in [9.17, 15) is 0 Å². The molecule has 0 heterocycles. The van der Waals surface area contributed by atoms with Crippen molar-refractivity contribution >= 4 is 29.0 Å². The van der Waals surface area contributed by atoms with E-state index in [4.69, 9.17) is 18.0 Å². The monoisotopic (exact) mass is 211 g/mol. The van der Waals surface area contributed by atoms with Crippen molar-refractivity contribution in [1.82, 2.24) is 0 Å². The molecule has 0 spiro atoms. The Labute approximate surface area is 88.7 Å². The number of nitrogens with two attached hydrogens (primary N) is 1. The van der Waals surface area contributed by atoms with Crippen LogP contribution in [0.5, 0.6) is 0 Å². The molecule has 0 atom stereocenters. The van der Waals surface area contributed by atoms with Gasteiger partial charge in [-0.1, -0.05) is 38.2 Å². The summed E-state index contributed by atoms with van der Waals surface area (Å²) in [5.74, 6) is 0. The molecule has 0 unspecified atom stereocenters. The first-order valence-electron chi connectivity index (χ1n) is 4.16. The maximum Gasteiger partial charge on any atom is 0.103 e. The fraction of sp³-hybridized carbons (Fsp3) is 0.300. The summed E-state index contributed by atoms with van der Waals surface area (Å²) in [7, 11) is 0. The van der Waals surface area contributed by atoms with Crippen LogP contribution in [0.15, 0.2) is 29.2 Å². The summed E-state index contributed by atoms with van der Waals surface area (Å²) in [6.07, 6.45) is 0. The Bertz CT molecular complexity index is 290. The van der Waals surface area contributed by atoms with Crippen LogP contribution in [0, 0.1) is 0 Å². The van der Waals surface area contributed by atoms with Gasteiger partial charge in [0.05, 0.1) is 0 Å². The number of thiocarbonyl (C=S) groups is 1. The number of thioether (sulfide) groups is 1. The summed E-state index contributed by atoms with van der Waals surface area (Å²) in [5.41, 5.74) is 6.42. The molecule has 1 rings (SSSR count). The van der Waals surface area contributed by atoms with E-state index in [0.717, 1.165) is 5.56 Å². The molecule has 0 bridgehead atoms. The molecule has 0 fully saturated rings. The zero-order valence-electron chi connectivity index (χ0n) is 7.78. The van der Waals surface area contributed by atoms with Gasteiger partial charge in [-0.25, -0.2) is 0 Å². The lowest BCUT2D eigenvalue weighted by atomic mass is 10.2. The van der Waals surface area contributed by atoms with E-state index in [1.807, 2.05) is 23.9 Å². The van der Waals surface area contributed by atoms with E-state index < -0.39 is 0 Å². The van der Waals surface area contributed by atoms with Crippen LogP contribution >= 0.6 is 24.0 Å². The number of benzene rings is 1. The van der Waals surface area contributed by atoms with E-state index in [0.29, 0.717) is 10.2 Å². The second-order valence-corrected chi connectivity index (χ2v) is 5.14. The number of rotatable bonds is 3. The van der Waals surface area contributed by atoms with Crippen LogP contribution in [0.1, 0.15) is 19.4 Å². The van der Waals surface area contributed by atoms with Crippen LogP contribution in [0.4, 0.5) is 0 Å². The van der Waals surface area contributed by atoms with E-state index in [-0.39, 0.29) is 0 Å². The van der Waals surface area contributed by atoms with Crippen LogP contribution in [-0.4, -0.2) is 10.2 Å². The normalized spacial score (nSPS) is 10.4. The van der Waals surface area contributed by atoms with Crippen molar-refractivity contribution in [2.45, 2.75) is 24.0 Å². The molecule has 13 heavy (non-hydrogen) atoms. The highest BCUT2D eigenvalue weighted by Crippen LogP contribution is 2.22. The van der Waals surface area contributed by atoms with Crippen LogP contribution in [-0.2, 0) is 0 Å². The van der Waals surface area contributed by atoms with E-state index in [1.165, 1.54) is 4.90 Å². The van der Waals surface area contributed by atoms with Crippen molar-refractivity contribution in [2.24, 2.45) is 5.73 Å². The van der Waals surface area contributed by atoms with Gasteiger partial charge in [-0.05, 0) is 12.1 Å². The molecule has 1 aromatic rings. The van der Waals surface area contributed by atoms with Gasteiger partial charge in [0.1, 0.15) is 4.99 Å². The van der Waals surface area contributed by atoms with Gasteiger partial charge in [-0.3, -0.25) is 0 Å². The molecular weight excluding hydrogens is 198 g/mol. The van der Waals surface area contributed by atoms with E-state index >= 15 is 0 Å². The zero-order chi connectivity index (χ0) is 9.84. The topological polar surface area (TPSA) is 26.0 Å². The lowest BCUT2D eigenvalue weighted by molar-refractivity contribution is 1.11. The molecule has 0 saturated heterocycles.